The second-order valence-corrected chi connectivity index (χ2v) is 7.92. The Labute approximate surface area is 155 Å². The van der Waals surface area contributed by atoms with E-state index in [1.807, 2.05) is 4.72 Å². The van der Waals surface area contributed by atoms with Gasteiger partial charge in [0.25, 0.3) is 0 Å². The zero-order chi connectivity index (χ0) is 19.7. The van der Waals surface area contributed by atoms with Gasteiger partial charge >= 0.3 is 6.36 Å². The van der Waals surface area contributed by atoms with Gasteiger partial charge in [0, 0.05) is 25.2 Å². The molecule has 0 amide bonds. The first-order chi connectivity index (χ1) is 12.6. The average Bonchev–Trinajstić information content (AvgIpc) is 3.21. The molecule has 0 saturated carbocycles. The van der Waals surface area contributed by atoms with Crippen LogP contribution in [0.4, 0.5) is 13.2 Å². The first-order valence-corrected chi connectivity index (χ1v) is 9.67. The highest BCUT2D eigenvalue weighted by Gasteiger charge is 2.47. The summed E-state index contributed by atoms with van der Waals surface area (Å²) in [6.45, 7) is 1.13. The van der Waals surface area contributed by atoms with Gasteiger partial charge < -0.3 is 10.2 Å². The molecule has 2 aliphatic rings. The molecule has 0 radical (unpaired) electrons. The molecule has 0 aliphatic carbocycles. The Balaban J connectivity index is 1.89. The third-order valence-electron chi connectivity index (χ3n) is 4.28. The molecule has 7 nitrogen and oxygen atoms in total. The van der Waals surface area contributed by atoms with E-state index < -0.39 is 22.1 Å². The Morgan fingerprint density at radius 2 is 2.00 bits per heavy atom. The molecule has 0 bridgehead atoms. The number of benzene rings is 1. The Hall–Kier alpha value is -1.95. The number of hydrogen-bond donors (Lipinski definition) is 2. The summed E-state index contributed by atoms with van der Waals surface area (Å²) in [6, 6.07) is 7.27. The van der Waals surface area contributed by atoms with Crippen LogP contribution in [0, 0.1) is 0 Å². The van der Waals surface area contributed by atoms with Crippen LogP contribution in [0.25, 0.3) is 0 Å². The second kappa shape index (κ2) is 7.23. The number of likely N-dealkylation sites (tertiary alicyclic amines) is 1. The zero-order valence-electron chi connectivity index (χ0n) is 14.4. The van der Waals surface area contributed by atoms with Crippen molar-refractivity contribution in [2.75, 3.05) is 20.1 Å². The number of nitrogens with zero attached hydrogens (tertiary/aromatic N) is 2. The number of aliphatic imine (C=N–C) groups is 1. The van der Waals surface area contributed by atoms with E-state index in [1.165, 1.54) is 24.3 Å². The van der Waals surface area contributed by atoms with Crippen molar-refractivity contribution in [3.8, 4) is 0 Å². The van der Waals surface area contributed by atoms with E-state index in [0.29, 0.717) is 13.1 Å². The number of nitrogens with one attached hydrogen (secondary N) is 2. The summed E-state index contributed by atoms with van der Waals surface area (Å²) in [5, 5.41) is 3.09. The van der Waals surface area contributed by atoms with Crippen molar-refractivity contribution in [3.63, 3.8) is 0 Å². The number of halogens is 3. The van der Waals surface area contributed by atoms with Gasteiger partial charge in [-0.1, -0.05) is 18.2 Å². The quantitative estimate of drug-likeness (QED) is 0.701. The number of ether oxygens (including phenoxy) is 1. The molecule has 1 aromatic carbocycles. The smallest absolute Gasteiger partial charge is 0.355 e. The molecular formula is C16H19F3N4O3S. The van der Waals surface area contributed by atoms with E-state index >= 15 is 0 Å². The Morgan fingerprint density at radius 1 is 1.30 bits per heavy atom. The number of alkyl halides is 3. The molecule has 2 heterocycles. The van der Waals surface area contributed by atoms with Crippen LogP contribution in [-0.4, -0.2) is 57.8 Å². The predicted octanol–water partition coefficient (Wildman–Crippen LogP) is 1.42. The molecule has 27 heavy (non-hydrogen) atoms. The summed E-state index contributed by atoms with van der Waals surface area (Å²) in [7, 11) is -2.48. The summed E-state index contributed by atoms with van der Waals surface area (Å²) in [5.41, 5.74) is -2.44. The lowest BCUT2D eigenvalue weighted by Gasteiger charge is -2.26. The third kappa shape index (κ3) is 4.67. The van der Waals surface area contributed by atoms with E-state index in [-0.39, 0.29) is 16.8 Å². The maximum absolute atomic E-state index is 13.0. The van der Waals surface area contributed by atoms with Gasteiger partial charge in [-0.25, -0.2) is 13.4 Å². The first kappa shape index (κ1) is 19.8. The standard InChI is InChI=1S/C16H19F3N4O3S/c1-20-12-7-8-23(10-12)14-9-15(11-21-14,26-16(17,18)19)22-27(24,25)13-5-3-2-4-6-13/h2-6,9,11-12,20,22H,7-8,10H2,1H3. The lowest BCUT2D eigenvalue weighted by Crippen LogP contribution is -2.52. The number of sulfonamides is 1. The van der Waals surface area contributed by atoms with Crippen LogP contribution >= 0.6 is 0 Å². The van der Waals surface area contributed by atoms with Crippen LogP contribution in [0.2, 0.25) is 0 Å². The summed E-state index contributed by atoms with van der Waals surface area (Å²) in [5.74, 6) is 0.229. The van der Waals surface area contributed by atoms with Crippen LogP contribution in [0.3, 0.4) is 0 Å². The van der Waals surface area contributed by atoms with Gasteiger partial charge in [-0.05, 0) is 25.6 Å². The van der Waals surface area contributed by atoms with Crippen LogP contribution in [0.15, 0.2) is 52.1 Å². The topological polar surface area (TPSA) is 83.0 Å². The zero-order valence-corrected chi connectivity index (χ0v) is 15.2. The molecule has 11 heteroatoms. The van der Waals surface area contributed by atoms with Crippen molar-refractivity contribution in [2.45, 2.75) is 29.4 Å². The number of hydrogen-bond acceptors (Lipinski definition) is 6. The van der Waals surface area contributed by atoms with Crippen molar-refractivity contribution in [2.24, 2.45) is 4.99 Å². The van der Waals surface area contributed by atoms with E-state index in [4.69, 9.17) is 0 Å². The minimum atomic E-state index is -5.07. The minimum absolute atomic E-state index is 0.179. The van der Waals surface area contributed by atoms with Crippen LogP contribution < -0.4 is 10.0 Å². The molecule has 2 unspecified atom stereocenters. The minimum Gasteiger partial charge on any atom is -0.355 e. The normalized spacial score (nSPS) is 25.9. The second-order valence-electron chi connectivity index (χ2n) is 6.24. The fourth-order valence-electron chi connectivity index (χ4n) is 3.00. The molecule has 0 spiro atoms. The van der Waals surface area contributed by atoms with Crippen molar-refractivity contribution < 1.29 is 26.3 Å². The molecular weight excluding hydrogens is 385 g/mol. The van der Waals surface area contributed by atoms with Crippen LogP contribution in [-0.2, 0) is 14.8 Å². The van der Waals surface area contributed by atoms with Gasteiger partial charge in [0.05, 0.1) is 11.1 Å². The molecule has 2 N–H and O–H groups in total. The molecule has 1 saturated heterocycles. The lowest BCUT2D eigenvalue weighted by atomic mass is 10.3. The van der Waals surface area contributed by atoms with Crippen molar-refractivity contribution >= 4 is 16.2 Å². The monoisotopic (exact) mass is 404 g/mol. The fourth-order valence-corrected chi connectivity index (χ4v) is 4.20. The fraction of sp³-hybridized carbons (Fsp3) is 0.438. The maximum atomic E-state index is 13.0. The highest BCUT2D eigenvalue weighted by molar-refractivity contribution is 7.89. The Kier molecular flexibility index (Phi) is 5.30. The van der Waals surface area contributed by atoms with Gasteiger partial charge in [-0.2, -0.15) is 4.72 Å². The van der Waals surface area contributed by atoms with E-state index in [2.05, 4.69) is 15.0 Å². The molecule has 3 rings (SSSR count). The van der Waals surface area contributed by atoms with Gasteiger partial charge in [-0.15, -0.1) is 13.2 Å². The lowest BCUT2D eigenvalue weighted by molar-refractivity contribution is -0.347. The summed E-state index contributed by atoms with van der Waals surface area (Å²) in [4.78, 5) is 5.58. The maximum Gasteiger partial charge on any atom is 0.524 e. The van der Waals surface area contributed by atoms with Crippen molar-refractivity contribution in [1.82, 2.24) is 14.9 Å². The highest BCUT2D eigenvalue weighted by Crippen LogP contribution is 2.31. The van der Waals surface area contributed by atoms with E-state index in [9.17, 15) is 21.6 Å². The Bertz CT molecular complexity index is 842. The van der Waals surface area contributed by atoms with Gasteiger partial charge in [-0.3, -0.25) is 4.74 Å². The molecule has 0 aromatic heterocycles. The van der Waals surface area contributed by atoms with Crippen LogP contribution in [0.1, 0.15) is 6.42 Å². The average molecular weight is 404 g/mol. The molecule has 2 atom stereocenters. The molecule has 1 aromatic rings. The summed E-state index contributed by atoms with van der Waals surface area (Å²) in [6.07, 6.45) is -2.41. The van der Waals surface area contributed by atoms with E-state index in [1.54, 1.807) is 18.0 Å². The van der Waals surface area contributed by atoms with Crippen molar-refractivity contribution in [3.05, 3.63) is 42.2 Å². The number of rotatable bonds is 6. The van der Waals surface area contributed by atoms with Gasteiger partial charge in [0.15, 0.2) is 0 Å². The molecule has 2 aliphatic heterocycles. The predicted molar refractivity (Wildman–Crippen MR) is 92.2 cm³/mol. The number of likely N-dealkylation sites (N-methyl/N-ethyl adjacent to an activating group) is 1. The first-order valence-electron chi connectivity index (χ1n) is 8.19. The van der Waals surface area contributed by atoms with Gasteiger partial charge in [0.2, 0.25) is 15.7 Å². The highest BCUT2D eigenvalue weighted by atomic mass is 32.2. The summed E-state index contributed by atoms with van der Waals surface area (Å²) < 4.78 is 70.1. The Morgan fingerprint density at radius 3 is 2.59 bits per heavy atom. The molecule has 148 valence electrons. The molecule has 1 fully saturated rings. The third-order valence-corrected chi connectivity index (χ3v) is 5.77. The van der Waals surface area contributed by atoms with Crippen LogP contribution in [0.5, 0.6) is 0 Å². The van der Waals surface area contributed by atoms with Gasteiger partial charge in [0.1, 0.15) is 5.82 Å². The largest absolute Gasteiger partial charge is 0.524 e. The van der Waals surface area contributed by atoms with E-state index in [0.717, 1.165) is 18.7 Å². The summed E-state index contributed by atoms with van der Waals surface area (Å²) >= 11 is 0. The SMILES string of the molecule is CNC1CCN(C2=CC(NS(=O)(=O)c3ccccc3)(OC(F)(F)F)C=N2)C1. The van der Waals surface area contributed by atoms with Crippen molar-refractivity contribution in [1.29, 1.82) is 0 Å².